The zero-order valence-corrected chi connectivity index (χ0v) is 16.8. The normalized spacial score (nSPS) is 15.0. The van der Waals surface area contributed by atoms with Gasteiger partial charge in [0, 0.05) is 17.7 Å². The Hall–Kier alpha value is -2.33. The van der Waals surface area contributed by atoms with Crippen LogP contribution in [0.4, 0.5) is 5.69 Å². The Balaban J connectivity index is 2.15. The largest absolute Gasteiger partial charge is 0.497 e. The quantitative estimate of drug-likeness (QED) is 0.391. The van der Waals surface area contributed by atoms with Gasteiger partial charge in [0.05, 0.1) is 17.8 Å². The number of carbonyl (C=O) groups is 1. The minimum absolute atomic E-state index is 0.157. The van der Waals surface area contributed by atoms with Gasteiger partial charge in [0.1, 0.15) is 11.6 Å². The SMILES string of the molecule is COc1ccc(C)c(/N=C(/c2ccc(C)cc2Cl)N(C=O)C2CCCC2)c1. The third-order valence-electron chi connectivity index (χ3n) is 5.08. The van der Waals surface area contributed by atoms with Crippen LogP contribution in [0.3, 0.4) is 0 Å². The van der Waals surface area contributed by atoms with Crippen molar-refractivity contribution < 1.29 is 9.53 Å². The van der Waals surface area contributed by atoms with Crippen LogP contribution < -0.4 is 4.74 Å². The maximum Gasteiger partial charge on any atom is 0.215 e. The van der Waals surface area contributed by atoms with E-state index in [0.717, 1.165) is 60.2 Å². The van der Waals surface area contributed by atoms with Crippen LogP contribution in [0.25, 0.3) is 0 Å². The van der Waals surface area contributed by atoms with Crippen LogP contribution in [0, 0.1) is 13.8 Å². The number of hydrogen-bond acceptors (Lipinski definition) is 3. The number of carbonyl (C=O) groups excluding carboxylic acids is 1. The second-order valence-electron chi connectivity index (χ2n) is 7.02. The van der Waals surface area contributed by atoms with Gasteiger partial charge in [-0.25, -0.2) is 4.99 Å². The Morgan fingerprint density at radius 3 is 2.56 bits per heavy atom. The first-order valence-corrected chi connectivity index (χ1v) is 9.64. The first-order valence-electron chi connectivity index (χ1n) is 9.27. The predicted octanol–water partition coefficient (Wildman–Crippen LogP) is 5.44. The Kier molecular flexibility index (Phi) is 6.17. The fraction of sp³-hybridized carbons (Fsp3) is 0.364. The van der Waals surface area contributed by atoms with Gasteiger partial charge < -0.3 is 4.74 Å². The van der Waals surface area contributed by atoms with E-state index in [2.05, 4.69) is 0 Å². The number of aryl methyl sites for hydroxylation is 2. The summed E-state index contributed by atoms with van der Waals surface area (Å²) in [7, 11) is 1.63. The highest BCUT2D eigenvalue weighted by Crippen LogP contribution is 2.30. The lowest BCUT2D eigenvalue weighted by Crippen LogP contribution is -2.38. The van der Waals surface area contributed by atoms with Gasteiger partial charge in [-0.2, -0.15) is 0 Å². The molecule has 0 N–H and O–H groups in total. The van der Waals surface area contributed by atoms with E-state index in [0.29, 0.717) is 10.9 Å². The van der Waals surface area contributed by atoms with Crippen molar-refractivity contribution in [2.24, 2.45) is 4.99 Å². The number of rotatable bonds is 5. The van der Waals surface area contributed by atoms with Crippen molar-refractivity contribution in [1.82, 2.24) is 4.90 Å². The van der Waals surface area contributed by atoms with E-state index >= 15 is 0 Å². The van der Waals surface area contributed by atoms with Crippen LogP contribution in [0.1, 0.15) is 42.4 Å². The molecule has 0 spiro atoms. The van der Waals surface area contributed by atoms with Crippen molar-refractivity contribution in [2.75, 3.05) is 7.11 Å². The molecule has 2 aromatic carbocycles. The predicted molar refractivity (Wildman–Crippen MR) is 110 cm³/mol. The molecule has 1 fully saturated rings. The summed E-state index contributed by atoms with van der Waals surface area (Å²) in [5.74, 6) is 1.32. The van der Waals surface area contributed by atoms with Crippen LogP contribution in [-0.2, 0) is 4.79 Å². The highest BCUT2D eigenvalue weighted by molar-refractivity contribution is 6.34. The average molecular weight is 385 g/mol. The van der Waals surface area contributed by atoms with Crippen LogP contribution in [0.2, 0.25) is 5.02 Å². The summed E-state index contributed by atoms with van der Waals surface area (Å²) in [6, 6.07) is 11.8. The lowest BCUT2D eigenvalue weighted by molar-refractivity contribution is -0.116. The molecule has 0 heterocycles. The number of amidine groups is 1. The van der Waals surface area contributed by atoms with Gasteiger partial charge in [-0.3, -0.25) is 9.69 Å². The van der Waals surface area contributed by atoms with E-state index in [1.807, 2.05) is 50.2 Å². The maximum absolute atomic E-state index is 12.1. The molecular weight excluding hydrogens is 360 g/mol. The monoisotopic (exact) mass is 384 g/mol. The van der Waals surface area contributed by atoms with E-state index in [1.54, 1.807) is 12.0 Å². The summed E-state index contributed by atoms with van der Waals surface area (Å²) >= 11 is 6.55. The molecule has 142 valence electrons. The van der Waals surface area contributed by atoms with Gasteiger partial charge in [-0.05, 0) is 56.0 Å². The Labute approximate surface area is 165 Å². The zero-order chi connectivity index (χ0) is 19.4. The summed E-state index contributed by atoms with van der Waals surface area (Å²) in [4.78, 5) is 18.7. The van der Waals surface area contributed by atoms with Crippen LogP contribution in [-0.4, -0.2) is 30.3 Å². The molecule has 3 rings (SSSR count). The molecule has 2 aromatic rings. The molecule has 0 unspecified atom stereocenters. The number of halogens is 1. The number of hydrogen-bond donors (Lipinski definition) is 0. The van der Waals surface area contributed by atoms with Gasteiger partial charge in [-0.15, -0.1) is 0 Å². The number of aliphatic imine (C=N–C) groups is 1. The Bertz CT molecular complexity index is 857. The Morgan fingerprint density at radius 1 is 1.19 bits per heavy atom. The number of amides is 1. The summed E-state index contributed by atoms with van der Waals surface area (Å²) in [6.07, 6.45) is 5.11. The molecule has 0 aliphatic heterocycles. The summed E-state index contributed by atoms with van der Waals surface area (Å²) in [5.41, 5.74) is 3.61. The minimum atomic E-state index is 0.157. The second kappa shape index (κ2) is 8.57. The molecule has 1 amide bonds. The minimum Gasteiger partial charge on any atom is -0.497 e. The van der Waals surface area contributed by atoms with Gasteiger partial charge in [0.25, 0.3) is 0 Å². The van der Waals surface area contributed by atoms with Crippen molar-refractivity contribution in [3.05, 3.63) is 58.1 Å². The first-order chi connectivity index (χ1) is 13.0. The smallest absolute Gasteiger partial charge is 0.215 e. The summed E-state index contributed by atoms with van der Waals surface area (Å²) < 4.78 is 5.34. The lowest BCUT2D eigenvalue weighted by Gasteiger charge is -2.27. The summed E-state index contributed by atoms with van der Waals surface area (Å²) in [6.45, 7) is 3.99. The van der Waals surface area contributed by atoms with Crippen molar-refractivity contribution in [3.8, 4) is 5.75 Å². The van der Waals surface area contributed by atoms with Crippen LogP contribution in [0.5, 0.6) is 5.75 Å². The molecule has 4 nitrogen and oxygen atoms in total. The fourth-order valence-corrected chi connectivity index (χ4v) is 3.82. The summed E-state index contributed by atoms with van der Waals surface area (Å²) in [5, 5.41) is 0.596. The molecule has 0 bridgehead atoms. The van der Waals surface area contributed by atoms with Crippen molar-refractivity contribution >= 4 is 29.5 Å². The van der Waals surface area contributed by atoms with Crippen molar-refractivity contribution in [3.63, 3.8) is 0 Å². The highest BCUT2D eigenvalue weighted by atomic mass is 35.5. The van der Waals surface area contributed by atoms with Crippen molar-refractivity contribution in [2.45, 2.75) is 45.6 Å². The van der Waals surface area contributed by atoms with E-state index in [4.69, 9.17) is 21.3 Å². The third kappa shape index (κ3) is 4.33. The standard InChI is InChI=1S/C22H25ClN2O2/c1-15-8-11-19(20(23)12-15)22(25(14-26)17-6-4-5-7-17)24-21-13-18(27-3)10-9-16(21)2/h8-14,17H,4-7H2,1-3H3/b24-22-. The lowest BCUT2D eigenvalue weighted by atomic mass is 10.1. The maximum atomic E-state index is 12.1. The molecule has 5 heteroatoms. The number of benzene rings is 2. The molecule has 0 saturated heterocycles. The molecule has 1 aliphatic carbocycles. The molecular formula is C22H25ClN2O2. The average Bonchev–Trinajstić information content (AvgIpc) is 3.18. The number of ether oxygens (including phenoxy) is 1. The van der Waals surface area contributed by atoms with Crippen LogP contribution >= 0.6 is 11.6 Å². The van der Waals surface area contributed by atoms with E-state index in [-0.39, 0.29) is 6.04 Å². The van der Waals surface area contributed by atoms with Gasteiger partial charge >= 0.3 is 0 Å². The van der Waals surface area contributed by atoms with Crippen LogP contribution in [0.15, 0.2) is 41.4 Å². The topological polar surface area (TPSA) is 41.9 Å². The third-order valence-corrected chi connectivity index (χ3v) is 5.40. The second-order valence-corrected chi connectivity index (χ2v) is 7.43. The van der Waals surface area contributed by atoms with Crippen molar-refractivity contribution in [1.29, 1.82) is 0 Å². The van der Waals surface area contributed by atoms with E-state index in [1.165, 1.54) is 0 Å². The molecule has 1 saturated carbocycles. The van der Waals surface area contributed by atoms with Gasteiger partial charge in [-0.1, -0.05) is 36.6 Å². The van der Waals surface area contributed by atoms with Gasteiger partial charge in [0.15, 0.2) is 0 Å². The van der Waals surface area contributed by atoms with Gasteiger partial charge in [0.2, 0.25) is 6.41 Å². The first kappa shape index (κ1) is 19.4. The molecule has 0 aromatic heterocycles. The number of nitrogens with zero attached hydrogens (tertiary/aromatic N) is 2. The zero-order valence-electron chi connectivity index (χ0n) is 16.0. The molecule has 0 atom stereocenters. The van der Waals surface area contributed by atoms with E-state index < -0.39 is 0 Å². The number of methoxy groups -OCH3 is 1. The molecule has 27 heavy (non-hydrogen) atoms. The highest BCUT2D eigenvalue weighted by Gasteiger charge is 2.27. The Morgan fingerprint density at radius 2 is 1.93 bits per heavy atom. The molecule has 1 aliphatic rings. The fourth-order valence-electron chi connectivity index (χ4n) is 3.50. The van der Waals surface area contributed by atoms with E-state index in [9.17, 15) is 4.79 Å². The molecule has 0 radical (unpaired) electrons.